The van der Waals surface area contributed by atoms with Crippen LogP contribution in [-0.4, -0.2) is 42.0 Å². The average Bonchev–Trinajstić information content (AvgIpc) is 2.89. The molecule has 3 heterocycles. The van der Waals surface area contributed by atoms with E-state index < -0.39 is 0 Å². The maximum atomic E-state index is 5.81. The predicted octanol–water partition coefficient (Wildman–Crippen LogP) is 2.06. The molecule has 2 fully saturated rings. The van der Waals surface area contributed by atoms with Gasteiger partial charge in [0.1, 0.15) is 0 Å². The van der Waals surface area contributed by atoms with Crippen molar-refractivity contribution >= 4 is 0 Å². The Morgan fingerprint density at radius 2 is 2.21 bits per heavy atom. The number of nitrogens with zero attached hydrogens (tertiary/aromatic N) is 2. The van der Waals surface area contributed by atoms with E-state index >= 15 is 0 Å². The number of aromatic nitrogens is 1. The van der Waals surface area contributed by atoms with Crippen molar-refractivity contribution in [2.24, 2.45) is 5.92 Å². The van der Waals surface area contributed by atoms with Gasteiger partial charge in [0.05, 0.1) is 18.9 Å². The zero-order chi connectivity index (χ0) is 13.1. The predicted molar refractivity (Wildman–Crippen MR) is 72.5 cm³/mol. The molecule has 2 saturated heterocycles. The Bertz CT molecular complexity index is 404. The molecule has 4 heteroatoms. The van der Waals surface area contributed by atoms with Gasteiger partial charge >= 0.3 is 0 Å². The van der Waals surface area contributed by atoms with Crippen molar-refractivity contribution in [3.05, 3.63) is 30.1 Å². The van der Waals surface area contributed by atoms with Crippen LogP contribution in [0.1, 0.15) is 25.5 Å². The van der Waals surface area contributed by atoms with Crippen LogP contribution in [0.5, 0.6) is 0 Å². The number of hydrogen-bond donors (Lipinski definition) is 0. The van der Waals surface area contributed by atoms with Gasteiger partial charge < -0.3 is 9.47 Å². The third kappa shape index (κ3) is 2.96. The molecule has 1 aromatic heterocycles. The first kappa shape index (κ1) is 13.0. The second-order valence-electron chi connectivity index (χ2n) is 5.61. The zero-order valence-corrected chi connectivity index (χ0v) is 11.5. The van der Waals surface area contributed by atoms with Crippen LogP contribution < -0.4 is 0 Å². The molecule has 0 unspecified atom stereocenters. The summed E-state index contributed by atoms with van der Waals surface area (Å²) in [4.78, 5) is 6.87. The van der Waals surface area contributed by atoms with Gasteiger partial charge in [0, 0.05) is 25.2 Å². The van der Waals surface area contributed by atoms with Crippen LogP contribution in [0.3, 0.4) is 0 Å². The highest BCUT2D eigenvalue weighted by Gasteiger charge is 2.41. The molecule has 1 atom stereocenters. The molecule has 3 rings (SSSR count). The highest BCUT2D eigenvalue weighted by atomic mass is 16.7. The largest absolute Gasteiger partial charge is 0.347 e. The lowest BCUT2D eigenvalue weighted by Gasteiger charge is -2.39. The van der Waals surface area contributed by atoms with Crippen LogP contribution in [0.4, 0.5) is 0 Å². The Balaban J connectivity index is 1.62. The number of rotatable bonds is 3. The van der Waals surface area contributed by atoms with Crippen molar-refractivity contribution in [1.82, 2.24) is 9.88 Å². The van der Waals surface area contributed by atoms with Crippen LogP contribution in [-0.2, 0) is 16.0 Å². The standard InChI is InChI=1S/C15H22N2O2/c1-15(18-9-10-19-15)13-5-4-8-17(11-13)12-14-6-2-3-7-16-14/h2-3,6-7,13H,4-5,8-12H2,1H3/t13-/m0/s1. The molecule has 1 aromatic rings. The molecule has 2 aliphatic heterocycles. The fourth-order valence-corrected chi connectivity index (χ4v) is 3.11. The van der Waals surface area contributed by atoms with Crippen LogP contribution >= 0.6 is 0 Å². The monoisotopic (exact) mass is 262 g/mol. The van der Waals surface area contributed by atoms with Crippen molar-refractivity contribution < 1.29 is 9.47 Å². The fourth-order valence-electron chi connectivity index (χ4n) is 3.11. The van der Waals surface area contributed by atoms with E-state index in [0.29, 0.717) is 5.92 Å². The minimum Gasteiger partial charge on any atom is -0.347 e. The first-order valence-corrected chi connectivity index (χ1v) is 7.16. The zero-order valence-electron chi connectivity index (χ0n) is 11.5. The van der Waals surface area contributed by atoms with Gasteiger partial charge in [-0.05, 0) is 38.4 Å². The molecule has 19 heavy (non-hydrogen) atoms. The summed E-state index contributed by atoms with van der Waals surface area (Å²) in [5, 5.41) is 0. The average molecular weight is 262 g/mol. The van der Waals surface area contributed by atoms with Gasteiger partial charge in [-0.15, -0.1) is 0 Å². The number of hydrogen-bond acceptors (Lipinski definition) is 4. The molecule has 0 aromatic carbocycles. The summed E-state index contributed by atoms with van der Waals surface area (Å²) in [6.45, 7) is 6.65. The molecule has 0 bridgehead atoms. The van der Waals surface area contributed by atoms with Crippen molar-refractivity contribution in [3.63, 3.8) is 0 Å². The third-order valence-corrected chi connectivity index (χ3v) is 4.22. The van der Waals surface area contributed by atoms with E-state index in [2.05, 4.69) is 22.9 Å². The normalized spacial score (nSPS) is 27.5. The summed E-state index contributed by atoms with van der Waals surface area (Å²) >= 11 is 0. The maximum Gasteiger partial charge on any atom is 0.169 e. The fraction of sp³-hybridized carbons (Fsp3) is 0.667. The highest BCUT2D eigenvalue weighted by Crippen LogP contribution is 2.34. The molecule has 0 aliphatic carbocycles. The van der Waals surface area contributed by atoms with E-state index in [1.807, 2.05) is 18.3 Å². The molecule has 0 radical (unpaired) electrons. The van der Waals surface area contributed by atoms with Crippen molar-refractivity contribution in [1.29, 1.82) is 0 Å². The Kier molecular flexibility index (Phi) is 3.82. The van der Waals surface area contributed by atoms with E-state index in [1.165, 1.54) is 12.8 Å². The molecule has 0 N–H and O–H groups in total. The minimum absolute atomic E-state index is 0.372. The second-order valence-corrected chi connectivity index (χ2v) is 5.61. The second kappa shape index (κ2) is 5.57. The van der Waals surface area contributed by atoms with E-state index in [1.54, 1.807) is 0 Å². The lowest BCUT2D eigenvalue weighted by Crippen LogP contribution is -2.46. The number of ether oxygens (including phenoxy) is 2. The Morgan fingerprint density at radius 1 is 1.37 bits per heavy atom. The molecular formula is C15H22N2O2. The molecule has 0 saturated carbocycles. The summed E-state index contributed by atoms with van der Waals surface area (Å²) < 4.78 is 11.6. The molecule has 0 spiro atoms. The molecule has 104 valence electrons. The van der Waals surface area contributed by atoms with Gasteiger partial charge in [-0.25, -0.2) is 0 Å². The van der Waals surface area contributed by atoms with Gasteiger partial charge in [0.15, 0.2) is 5.79 Å². The van der Waals surface area contributed by atoms with E-state index in [9.17, 15) is 0 Å². The molecular weight excluding hydrogens is 240 g/mol. The number of piperidine rings is 1. The third-order valence-electron chi connectivity index (χ3n) is 4.22. The van der Waals surface area contributed by atoms with E-state index in [-0.39, 0.29) is 5.79 Å². The van der Waals surface area contributed by atoms with Gasteiger partial charge in [-0.2, -0.15) is 0 Å². The van der Waals surface area contributed by atoms with Crippen molar-refractivity contribution in [2.45, 2.75) is 32.1 Å². The Morgan fingerprint density at radius 3 is 2.95 bits per heavy atom. The van der Waals surface area contributed by atoms with Crippen molar-refractivity contribution in [3.8, 4) is 0 Å². The topological polar surface area (TPSA) is 34.6 Å². The van der Waals surface area contributed by atoms with E-state index in [0.717, 1.165) is 38.5 Å². The van der Waals surface area contributed by atoms with Crippen LogP contribution in [0.25, 0.3) is 0 Å². The van der Waals surface area contributed by atoms with Crippen LogP contribution in [0, 0.1) is 5.92 Å². The van der Waals surface area contributed by atoms with Crippen LogP contribution in [0.15, 0.2) is 24.4 Å². The summed E-state index contributed by atoms with van der Waals surface area (Å²) in [6, 6.07) is 6.10. The summed E-state index contributed by atoms with van der Waals surface area (Å²) in [6.07, 6.45) is 4.26. The lowest BCUT2D eigenvalue weighted by atomic mass is 9.90. The molecule has 4 nitrogen and oxygen atoms in total. The van der Waals surface area contributed by atoms with Gasteiger partial charge in [0.2, 0.25) is 0 Å². The summed E-state index contributed by atoms with van der Waals surface area (Å²) in [7, 11) is 0. The SMILES string of the molecule is CC1([C@H]2CCCN(Cc3ccccn3)C2)OCCO1. The maximum absolute atomic E-state index is 5.81. The summed E-state index contributed by atoms with van der Waals surface area (Å²) in [5.41, 5.74) is 1.14. The van der Waals surface area contributed by atoms with E-state index in [4.69, 9.17) is 9.47 Å². The minimum atomic E-state index is -0.372. The van der Waals surface area contributed by atoms with Gasteiger partial charge in [-0.1, -0.05) is 6.07 Å². The summed E-state index contributed by atoms with van der Waals surface area (Å²) in [5.74, 6) is 0.0930. The first-order valence-electron chi connectivity index (χ1n) is 7.16. The quantitative estimate of drug-likeness (QED) is 0.835. The molecule has 2 aliphatic rings. The number of likely N-dealkylation sites (tertiary alicyclic amines) is 1. The van der Waals surface area contributed by atoms with Gasteiger partial charge in [-0.3, -0.25) is 9.88 Å². The van der Waals surface area contributed by atoms with Crippen LogP contribution in [0.2, 0.25) is 0 Å². The molecule has 0 amide bonds. The van der Waals surface area contributed by atoms with Crippen molar-refractivity contribution in [2.75, 3.05) is 26.3 Å². The Labute approximate surface area is 114 Å². The first-order chi connectivity index (χ1) is 9.26. The highest BCUT2D eigenvalue weighted by molar-refractivity contribution is 5.03. The lowest BCUT2D eigenvalue weighted by molar-refractivity contribution is -0.192. The number of pyridine rings is 1. The Hall–Kier alpha value is -0.970. The van der Waals surface area contributed by atoms with Gasteiger partial charge in [0.25, 0.3) is 0 Å². The smallest absolute Gasteiger partial charge is 0.169 e.